The first-order chi connectivity index (χ1) is 17.0. The van der Waals surface area contributed by atoms with Gasteiger partial charge in [0.1, 0.15) is 0 Å². The molecule has 8 heteroatoms. The van der Waals surface area contributed by atoms with Crippen LogP contribution < -0.4 is 10.6 Å². The summed E-state index contributed by atoms with van der Waals surface area (Å²) in [7, 11) is 0. The molecule has 1 unspecified atom stereocenters. The lowest BCUT2D eigenvalue weighted by Gasteiger charge is -2.37. The fourth-order valence-electron chi connectivity index (χ4n) is 4.07. The maximum absolute atomic E-state index is 13.3. The molecule has 7 nitrogen and oxygen atoms in total. The summed E-state index contributed by atoms with van der Waals surface area (Å²) in [5, 5.41) is 7.71. The number of hydrogen-bond donors (Lipinski definition) is 2. The number of anilines is 1. The molecule has 1 atom stereocenters. The van der Waals surface area contributed by atoms with Crippen molar-refractivity contribution in [2.75, 3.05) is 18.5 Å². The number of nitrogens with one attached hydrogen (secondary N) is 2. The third-order valence-corrected chi connectivity index (χ3v) is 6.41. The Balaban J connectivity index is 1.81. The number of carbonyl (C=O) groups excluding carboxylic acids is 3. The smallest absolute Gasteiger partial charge is 0.338 e. The fourth-order valence-corrected chi connectivity index (χ4v) is 4.69. The van der Waals surface area contributed by atoms with Crippen molar-refractivity contribution in [1.82, 2.24) is 10.2 Å². The Morgan fingerprint density at radius 3 is 2.54 bits per heavy atom. The summed E-state index contributed by atoms with van der Waals surface area (Å²) in [6.07, 6.45) is 0.717. The molecule has 180 valence electrons. The van der Waals surface area contributed by atoms with Crippen molar-refractivity contribution in [3.63, 3.8) is 0 Å². The molecule has 3 aromatic rings. The lowest BCUT2D eigenvalue weighted by molar-refractivity contribution is -0.138. The molecule has 0 aliphatic carbocycles. The number of esters is 1. The van der Waals surface area contributed by atoms with Crippen molar-refractivity contribution in [3.05, 3.63) is 93.7 Å². The summed E-state index contributed by atoms with van der Waals surface area (Å²) in [6, 6.07) is 19.1. The van der Waals surface area contributed by atoms with Gasteiger partial charge in [0.25, 0.3) is 5.91 Å². The van der Waals surface area contributed by atoms with Gasteiger partial charge in [-0.05, 0) is 48.1 Å². The van der Waals surface area contributed by atoms with Gasteiger partial charge in [-0.25, -0.2) is 9.59 Å². The highest BCUT2D eigenvalue weighted by Crippen LogP contribution is 2.37. The van der Waals surface area contributed by atoms with Crippen molar-refractivity contribution >= 4 is 40.6 Å². The quantitative estimate of drug-likeness (QED) is 0.412. The first-order valence-corrected chi connectivity index (χ1v) is 12.4. The van der Waals surface area contributed by atoms with E-state index in [-0.39, 0.29) is 18.5 Å². The zero-order valence-corrected chi connectivity index (χ0v) is 20.4. The lowest BCUT2D eigenvalue weighted by Crippen LogP contribution is -2.48. The van der Waals surface area contributed by atoms with Gasteiger partial charge in [0.2, 0.25) is 0 Å². The third-order valence-electron chi connectivity index (χ3n) is 5.54. The van der Waals surface area contributed by atoms with Gasteiger partial charge in [0.15, 0.2) is 0 Å². The molecular formula is C27H27N3O4S. The highest BCUT2D eigenvalue weighted by Gasteiger charge is 2.38. The van der Waals surface area contributed by atoms with Crippen LogP contribution in [0.25, 0.3) is 5.70 Å². The number of nitrogens with zero attached hydrogens (tertiary/aromatic N) is 1. The summed E-state index contributed by atoms with van der Waals surface area (Å²) in [6.45, 7) is 4.38. The minimum atomic E-state index is -0.747. The number of amides is 3. The number of urea groups is 1. The minimum Gasteiger partial charge on any atom is -0.463 e. The van der Waals surface area contributed by atoms with E-state index in [1.54, 1.807) is 36.1 Å². The zero-order valence-electron chi connectivity index (χ0n) is 19.6. The highest BCUT2D eigenvalue weighted by atomic mass is 32.1. The topological polar surface area (TPSA) is 87.7 Å². The minimum absolute atomic E-state index is 0.204. The Hall–Kier alpha value is -3.91. The molecule has 2 heterocycles. The Bertz CT molecular complexity index is 1240. The maximum atomic E-state index is 13.3. The van der Waals surface area contributed by atoms with E-state index in [0.717, 1.165) is 12.0 Å². The molecule has 1 aliphatic heterocycles. The molecule has 0 spiro atoms. The number of carbonyl (C=O) groups is 3. The number of benzene rings is 2. The van der Waals surface area contributed by atoms with Crippen LogP contribution in [-0.2, 0) is 9.53 Å². The molecule has 0 saturated heterocycles. The van der Waals surface area contributed by atoms with Crippen LogP contribution in [-0.4, -0.2) is 36.0 Å². The van der Waals surface area contributed by atoms with E-state index >= 15 is 0 Å². The summed E-state index contributed by atoms with van der Waals surface area (Å²) in [4.78, 5) is 41.3. The second kappa shape index (κ2) is 11.0. The van der Waals surface area contributed by atoms with Crippen molar-refractivity contribution in [2.45, 2.75) is 26.3 Å². The monoisotopic (exact) mass is 489 g/mol. The van der Waals surface area contributed by atoms with Gasteiger partial charge in [-0.2, -0.15) is 0 Å². The number of ether oxygens (including phenoxy) is 1. The highest BCUT2D eigenvalue weighted by molar-refractivity contribution is 7.12. The molecule has 1 aliphatic rings. The Labute approximate surface area is 208 Å². The second-order valence-corrected chi connectivity index (χ2v) is 8.89. The summed E-state index contributed by atoms with van der Waals surface area (Å²) in [5.74, 6) is -0.712. The van der Waals surface area contributed by atoms with Crippen molar-refractivity contribution in [3.8, 4) is 0 Å². The SMILES string of the molecule is CCCN1C(=O)NC(c2cccc(NC(=O)c3cccs3)c2)C(C(=O)OCC)=C1c1ccccc1. The third kappa shape index (κ3) is 5.27. The fraction of sp³-hybridized carbons (Fsp3) is 0.222. The summed E-state index contributed by atoms with van der Waals surface area (Å²) < 4.78 is 5.45. The Morgan fingerprint density at radius 1 is 1.06 bits per heavy atom. The molecule has 0 fully saturated rings. The molecule has 4 rings (SSSR count). The first-order valence-electron chi connectivity index (χ1n) is 11.5. The van der Waals surface area contributed by atoms with Crippen LogP contribution >= 0.6 is 11.3 Å². The molecule has 2 N–H and O–H groups in total. The summed E-state index contributed by atoms with van der Waals surface area (Å²) in [5.41, 5.74) is 2.87. The molecule has 0 saturated carbocycles. The van der Waals surface area contributed by atoms with Gasteiger partial charge in [0.05, 0.1) is 28.8 Å². The molecule has 35 heavy (non-hydrogen) atoms. The van der Waals surface area contributed by atoms with E-state index in [1.807, 2.05) is 54.8 Å². The second-order valence-electron chi connectivity index (χ2n) is 7.94. The predicted molar refractivity (Wildman–Crippen MR) is 137 cm³/mol. The molecule has 3 amide bonds. The van der Waals surface area contributed by atoms with Crippen molar-refractivity contribution < 1.29 is 19.1 Å². The van der Waals surface area contributed by atoms with Crippen LogP contribution in [0.2, 0.25) is 0 Å². The molecule has 2 aromatic carbocycles. The van der Waals surface area contributed by atoms with Gasteiger partial charge < -0.3 is 15.4 Å². The van der Waals surface area contributed by atoms with Crippen LogP contribution in [0.3, 0.4) is 0 Å². The molecule has 0 bridgehead atoms. The van der Waals surface area contributed by atoms with Crippen LogP contribution in [0, 0.1) is 0 Å². The molecule has 1 aromatic heterocycles. The standard InChI is InChI=1S/C27H27N3O4S/c1-3-15-30-24(18-10-6-5-7-11-18)22(26(32)34-4-2)23(29-27(30)33)19-12-8-13-20(17-19)28-25(31)21-14-9-16-35-21/h5-14,16-17,23H,3-4,15H2,1-2H3,(H,28,31)(H,29,33). The number of hydrogen-bond acceptors (Lipinski definition) is 5. The first kappa shape index (κ1) is 24.2. The van der Waals surface area contributed by atoms with Gasteiger partial charge in [-0.15, -0.1) is 11.3 Å². The van der Waals surface area contributed by atoms with E-state index in [1.165, 1.54) is 11.3 Å². The summed E-state index contributed by atoms with van der Waals surface area (Å²) >= 11 is 1.35. The van der Waals surface area contributed by atoms with Crippen molar-refractivity contribution in [2.24, 2.45) is 0 Å². The van der Waals surface area contributed by atoms with Gasteiger partial charge >= 0.3 is 12.0 Å². The van der Waals surface area contributed by atoms with E-state index in [4.69, 9.17) is 4.74 Å². The average molecular weight is 490 g/mol. The molecule has 0 radical (unpaired) electrons. The van der Waals surface area contributed by atoms with E-state index in [9.17, 15) is 14.4 Å². The Morgan fingerprint density at radius 2 is 1.86 bits per heavy atom. The largest absolute Gasteiger partial charge is 0.463 e. The Kier molecular flexibility index (Phi) is 7.62. The van der Waals surface area contributed by atoms with Gasteiger partial charge in [-0.3, -0.25) is 9.69 Å². The zero-order chi connectivity index (χ0) is 24.8. The lowest BCUT2D eigenvalue weighted by atomic mass is 9.91. The molecular weight excluding hydrogens is 462 g/mol. The maximum Gasteiger partial charge on any atom is 0.338 e. The number of rotatable bonds is 8. The van der Waals surface area contributed by atoms with Crippen LogP contribution in [0.15, 0.2) is 77.7 Å². The number of thiophene rings is 1. The van der Waals surface area contributed by atoms with Crippen LogP contribution in [0.5, 0.6) is 0 Å². The van der Waals surface area contributed by atoms with Crippen molar-refractivity contribution in [1.29, 1.82) is 0 Å². The van der Waals surface area contributed by atoms with Crippen LogP contribution in [0.1, 0.15) is 47.1 Å². The van der Waals surface area contributed by atoms with E-state index in [2.05, 4.69) is 10.6 Å². The van der Waals surface area contributed by atoms with Crippen LogP contribution in [0.4, 0.5) is 10.5 Å². The van der Waals surface area contributed by atoms with E-state index in [0.29, 0.717) is 33.9 Å². The average Bonchev–Trinajstić information content (AvgIpc) is 3.41. The van der Waals surface area contributed by atoms with E-state index < -0.39 is 12.0 Å². The predicted octanol–water partition coefficient (Wildman–Crippen LogP) is 5.45. The van der Waals surface area contributed by atoms with Gasteiger partial charge in [0, 0.05) is 12.2 Å². The van der Waals surface area contributed by atoms with Gasteiger partial charge in [-0.1, -0.05) is 55.5 Å². The normalized spacial score (nSPS) is 15.5.